The molecule has 1 heteroatoms. The molecule has 0 aromatic heterocycles. The number of benzene rings is 1. The van der Waals surface area contributed by atoms with Crippen molar-refractivity contribution in [2.24, 2.45) is 5.92 Å². The van der Waals surface area contributed by atoms with Gasteiger partial charge in [-0.25, -0.2) is 0 Å². The zero-order chi connectivity index (χ0) is 10.1. The van der Waals surface area contributed by atoms with Crippen LogP contribution in [-0.4, -0.2) is 6.54 Å². The average Bonchev–Trinajstić information content (AvgIpc) is 2.16. The van der Waals surface area contributed by atoms with E-state index in [9.17, 15) is 0 Å². The quantitative estimate of drug-likeness (QED) is 0.716. The van der Waals surface area contributed by atoms with Gasteiger partial charge in [0, 0.05) is 6.04 Å². The maximum absolute atomic E-state index is 3.59. The van der Waals surface area contributed by atoms with Crippen LogP contribution in [0.3, 0.4) is 0 Å². The van der Waals surface area contributed by atoms with E-state index in [1.54, 1.807) is 5.56 Å². The molecule has 0 bridgehead atoms. The van der Waals surface area contributed by atoms with Crippen LogP contribution in [0.25, 0.3) is 0 Å². The molecule has 0 amide bonds. The first kappa shape index (κ1) is 9.72. The first-order valence-electron chi connectivity index (χ1n) is 5.51. The fourth-order valence-electron chi connectivity index (χ4n) is 2.32. The van der Waals surface area contributed by atoms with Gasteiger partial charge >= 0.3 is 0 Å². The molecule has 0 saturated heterocycles. The van der Waals surface area contributed by atoms with Crippen LogP contribution in [0.2, 0.25) is 0 Å². The van der Waals surface area contributed by atoms with Crippen LogP contribution < -0.4 is 5.32 Å². The molecule has 1 nitrogen and oxygen atoms in total. The number of fused-ring (bicyclic) bond motifs is 1. The topological polar surface area (TPSA) is 12.0 Å². The molecule has 0 spiro atoms. The molecule has 1 aromatic carbocycles. The smallest absolute Gasteiger partial charge is 0.0346 e. The third-order valence-corrected chi connectivity index (χ3v) is 3.06. The lowest BCUT2D eigenvalue weighted by atomic mass is 9.87. The zero-order valence-corrected chi connectivity index (χ0v) is 9.30. The maximum Gasteiger partial charge on any atom is 0.0346 e. The maximum atomic E-state index is 3.59. The molecule has 1 heterocycles. The van der Waals surface area contributed by atoms with E-state index in [4.69, 9.17) is 0 Å². The minimum atomic E-state index is 0.555. The summed E-state index contributed by atoms with van der Waals surface area (Å²) in [5, 5.41) is 3.59. The number of rotatable bonds is 1. The Morgan fingerprint density at radius 3 is 2.86 bits per heavy atom. The molecule has 1 N–H and O–H groups in total. The molecule has 0 saturated carbocycles. The minimum Gasteiger partial charge on any atom is -0.309 e. The van der Waals surface area contributed by atoms with Crippen LogP contribution in [0.4, 0.5) is 0 Å². The molecule has 76 valence electrons. The number of nitrogens with one attached hydrogen (secondary N) is 1. The number of aryl methyl sites for hydroxylation is 1. The van der Waals surface area contributed by atoms with Crippen molar-refractivity contribution in [1.29, 1.82) is 0 Å². The summed E-state index contributed by atoms with van der Waals surface area (Å²) in [5.41, 5.74) is 4.44. The first-order chi connectivity index (χ1) is 6.68. The second-order valence-corrected chi connectivity index (χ2v) is 4.63. The third-order valence-electron chi connectivity index (χ3n) is 3.06. The second kappa shape index (κ2) is 3.74. The summed E-state index contributed by atoms with van der Waals surface area (Å²) in [6, 6.07) is 7.41. The van der Waals surface area contributed by atoms with Gasteiger partial charge < -0.3 is 5.32 Å². The molecular formula is C13H19N. The SMILES string of the molecule is Cc1ccc2c(c1)CCN[C@@H]2C(C)C. The van der Waals surface area contributed by atoms with Gasteiger partial charge in [0.15, 0.2) is 0 Å². The van der Waals surface area contributed by atoms with Gasteiger partial charge in [-0.3, -0.25) is 0 Å². The molecule has 0 radical (unpaired) electrons. The fourth-order valence-corrected chi connectivity index (χ4v) is 2.32. The molecule has 2 rings (SSSR count). The Bertz CT molecular complexity index is 328. The molecule has 0 fully saturated rings. The molecular weight excluding hydrogens is 170 g/mol. The van der Waals surface area contributed by atoms with Gasteiger partial charge in [0.1, 0.15) is 0 Å². The molecule has 14 heavy (non-hydrogen) atoms. The summed E-state index contributed by atoms with van der Waals surface area (Å²) in [6.45, 7) is 7.87. The highest BCUT2D eigenvalue weighted by Crippen LogP contribution is 2.28. The van der Waals surface area contributed by atoms with Crippen LogP contribution in [0, 0.1) is 12.8 Å². The Morgan fingerprint density at radius 1 is 1.36 bits per heavy atom. The highest BCUT2D eigenvalue weighted by atomic mass is 14.9. The first-order valence-corrected chi connectivity index (χ1v) is 5.51. The predicted octanol–water partition coefficient (Wildman–Crippen LogP) is 2.84. The van der Waals surface area contributed by atoms with Gasteiger partial charge in [0.25, 0.3) is 0 Å². The van der Waals surface area contributed by atoms with Crippen molar-refractivity contribution in [3.8, 4) is 0 Å². The second-order valence-electron chi connectivity index (χ2n) is 4.63. The molecule has 1 aliphatic heterocycles. The van der Waals surface area contributed by atoms with Crippen molar-refractivity contribution >= 4 is 0 Å². The van der Waals surface area contributed by atoms with Crippen molar-refractivity contribution in [3.63, 3.8) is 0 Å². The summed E-state index contributed by atoms with van der Waals surface area (Å²) in [5.74, 6) is 0.678. The summed E-state index contributed by atoms with van der Waals surface area (Å²) in [7, 11) is 0. The molecule has 1 aliphatic rings. The van der Waals surface area contributed by atoms with Gasteiger partial charge in [0.2, 0.25) is 0 Å². The summed E-state index contributed by atoms with van der Waals surface area (Å²) in [4.78, 5) is 0. The van der Waals surface area contributed by atoms with Crippen LogP contribution in [0.5, 0.6) is 0 Å². The standard InChI is InChI=1S/C13H19N/c1-9(2)13-12-5-4-10(3)8-11(12)6-7-14-13/h4-5,8-9,13-14H,6-7H2,1-3H3/t13-/m1/s1. The van der Waals surface area contributed by atoms with E-state index >= 15 is 0 Å². The van der Waals surface area contributed by atoms with E-state index in [1.807, 2.05) is 0 Å². The molecule has 0 aliphatic carbocycles. The lowest BCUT2D eigenvalue weighted by molar-refractivity contribution is 0.395. The summed E-state index contributed by atoms with van der Waals surface area (Å²) >= 11 is 0. The highest BCUT2D eigenvalue weighted by molar-refractivity contribution is 5.36. The molecule has 1 atom stereocenters. The van der Waals surface area contributed by atoms with Crippen molar-refractivity contribution in [1.82, 2.24) is 5.32 Å². The number of hydrogen-bond acceptors (Lipinski definition) is 1. The lowest BCUT2D eigenvalue weighted by Crippen LogP contribution is -2.32. The van der Waals surface area contributed by atoms with E-state index in [2.05, 4.69) is 44.3 Å². The summed E-state index contributed by atoms with van der Waals surface area (Å²) < 4.78 is 0. The highest BCUT2D eigenvalue weighted by Gasteiger charge is 2.21. The van der Waals surface area contributed by atoms with E-state index in [1.165, 1.54) is 17.5 Å². The molecule has 0 unspecified atom stereocenters. The Labute approximate surface area is 86.5 Å². The predicted molar refractivity (Wildman–Crippen MR) is 60.5 cm³/mol. The Kier molecular flexibility index (Phi) is 2.60. The van der Waals surface area contributed by atoms with E-state index in [0.29, 0.717) is 12.0 Å². The van der Waals surface area contributed by atoms with Gasteiger partial charge in [-0.2, -0.15) is 0 Å². The van der Waals surface area contributed by atoms with E-state index < -0.39 is 0 Å². The Hall–Kier alpha value is -0.820. The normalized spacial score (nSPS) is 21.0. The van der Waals surface area contributed by atoms with E-state index in [0.717, 1.165) is 6.54 Å². The van der Waals surface area contributed by atoms with Gasteiger partial charge in [-0.1, -0.05) is 37.6 Å². The van der Waals surface area contributed by atoms with Gasteiger partial charge in [-0.15, -0.1) is 0 Å². The zero-order valence-electron chi connectivity index (χ0n) is 9.30. The number of hydrogen-bond donors (Lipinski definition) is 1. The van der Waals surface area contributed by atoms with Crippen LogP contribution in [-0.2, 0) is 6.42 Å². The lowest BCUT2D eigenvalue weighted by Gasteiger charge is -2.30. The van der Waals surface area contributed by atoms with Gasteiger partial charge in [0.05, 0.1) is 0 Å². The average molecular weight is 189 g/mol. The largest absolute Gasteiger partial charge is 0.309 e. The van der Waals surface area contributed by atoms with Crippen molar-refractivity contribution in [2.45, 2.75) is 33.2 Å². The summed E-state index contributed by atoms with van der Waals surface area (Å²) in [6.07, 6.45) is 1.18. The Balaban J connectivity index is 2.40. The van der Waals surface area contributed by atoms with E-state index in [-0.39, 0.29) is 0 Å². The minimum absolute atomic E-state index is 0.555. The monoisotopic (exact) mass is 189 g/mol. The third kappa shape index (κ3) is 1.69. The van der Waals surface area contributed by atoms with Crippen LogP contribution in [0.15, 0.2) is 18.2 Å². The van der Waals surface area contributed by atoms with Crippen LogP contribution in [0.1, 0.15) is 36.6 Å². The van der Waals surface area contributed by atoms with Crippen molar-refractivity contribution < 1.29 is 0 Å². The van der Waals surface area contributed by atoms with Crippen molar-refractivity contribution in [2.75, 3.05) is 6.54 Å². The van der Waals surface area contributed by atoms with Crippen molar-refractivity contribution in [3.05, 3.63) is 34.9 Å². The Morgan fingerprint density at radius 2 is 2.14 bits per heavy atom. The van der Waals surface area contributed by atoms with Gasteiger partial charge in [-0.05, 0) is 36.9 Å². The fraction of sp³-hybridized carbons (Fsp3) is 0.538. The van der Waals surface area contributed by atoms with Crippen LogP contribution >= 0.6 is 0 Å². The molecule has 1 aromatic rings.